The molecule has 0 radical (unpaired) electrons. The van der Waals surface area contributed by atoms with Gasteiger partial charge in [0.15, 0.2) is 6.61 Å². The minimum absolute atomic E-state index is 0.00559. The number of carbonyl (C=O) groups is 2. The summed E-state index contributed by atoms with van der Waals surface area (Å²) in [5.41, 5.74) is 0.564. The predicted octanol–water partition coefficient (Wildman–Crippen LogP) is 3.11. The van der Waals surface area contributed by atoms with Crippen LogP contribution in [-0.2, 0) is 4.74 Å². The van der Waals surface area contributed by atoms with Crippen LogP contribution in [0.5, 0.6) is 0 Å². The molecule has 2 saturated heterocycles. The number of likely N-dealkylation sites (tertiary alicyclic amines) is 2. The first kappa shape index (κ1) is 18.7. The first-order valence-electron chi connectivity index (χ1n) is 9.21. The molecule has 2 aliphatic rings. The maximum Gasteiger partial charge on any atom is 0.410 e. The Labute approximate surface area is 158 Å². The Hall–Kier alpha value is -2.07. The number of carbonyl (C=O) groups excluding carboxylic acids is 2. The quantitative estimate of drug-likeness (QED) is 0.762. The van der Waals surface area contributed by atoms with Gasteiger partial charge in [-0.1, -0.05) is 5.92 Å². The van der Waals surface area contributed by atoms with Crippen LogP contribution < -0.4 is 0 Å². The first-order chi connectivity index (χ1) is 12.6. The van der Waals surface area contributed by atoms with E-state index in [0.717, 1.165) is 37.2 Å². The highest BCUT2D eigenvalue weighted by molar-refractivity contribution is 7.09. The summed E-state index contributed by atoms with van der Waals surface area (Å²) in [6, 6.07) is 0.290. The average Bonchev–Trinajstić information content (AvgIpc) is 3.16. The smallest absolute Gasteiger partial charge is 0.410 e. The van der Waals surface area contributed by atoms with Crippen molar-refractivity contribution in [2.75, 3.05) is 26.2 Å². The van der Waals surface area contributed by atoms with Crippen molar-refractivity contribution < 1.29 is 14.3 Å². The van der Waals surface area contributed by atoms with Crippen LogP contribution in [0.15, 0.2) is 5.38 Å². The molecular weight excluding hydrogens is 350 g/mol. The van der Waals surface area contributed by atoms with Gasteiger partial charge in [-0.25, -0.2) is 9.78 Å². The van der Waals surface area contributed by atoms with Crippen molar-refractivity contribution in [3.63, 3.8) is 0 Å². The van der Waals surface area contributed by atoms with E-state index >= 15 is 0 Å². The van der Waals surface area contributed by atoms with Crippen molar-refractivity contribution in [2.45, 2.75) is 51.0 Å². The zero-order valence-electron chi connectivity index (χ0n) is 15.1. The summed E-state index contributed by atoms with van der Waals surface area (Å²) in [4.78, 5) is 32.8. The van der Waals surface area contributed by atoms with Crippen molar-refractivity contribution >= 4 is 23.3 Å². The van der Waals surface area contributed by atoms with Crippen LogP contribution in [0.4, 0.5) is 4.79 Å². The van der Waals surface area contributed by atoms with E-state index in [2.05, 4.69) is 17.8 Å². The summed E-state index contributed by atoms with van der Waals surface area (Å²) < 4.78 is 4.97. The van der Waals surface area contributed by atoms with E-state index < -0.39 is 0 Å². The normalized spacial score (nSPS) is 21.3. The van der Waals surface area contributed by atoms with Crippen LogP contribution in [0.2, 0.25) is 0 Å². The number of thiazole rings is 1. The van der Waals surface area contributed by atoms with Crippen LogP contribution >= 0.6 is 11.3 Å². The third-order valence-electron chi connectivity index (χ3n) is 5.19. The number of hydrogen-bond donors (Lipinski definition) is 0. The highest BCUT2D eigenvalue weighted by Crippen LogP contribution is 2.31. The van der Waals surface area contributed by atoms with Gasteiger partial charge < -0.3 is 14.5 Å². The second-order valence-corrected chi connectivity index (χ2v) is 7.82. The van der Waals surface area contributed by atoms with Gasteiger partial charge in [0.25, 0.3) is 5.91 Å². The minimum atomic E-state index is -0.351. The lowest BCUT2D eigenvalue weighted by Gasteiger charge is -2.33. The van der Waals surface area contributed by atoms with E-state index in [-0.39, 0.29) is 24.5 Å². The second kappa shape index (κ2) is 8.54. The summed E-state index contributed by atoms with van der Waals surface area (Å²) in [5, 5.41) is 2.88. The fourth-order valence-electron chi connectivity index (χ4n) is 3.62. The first-order valence-corrected chi connectivity index (χ1v) is 10.1. The lowest BCUT2D eigenvalue weighted by molar-refractivity contribution is 0.0630. The predicted molar refractivity (Wildman–Crippen MR) is 100 cm³/mol. The molecule has 1 unspecified atom stereocenters. The monoisotopic (exact) mass is 375 g/mol. The van der Waals surface area contributed by atoms with Crippen LogP contribution in [0.1, 0.15) is 60.4 Å². The summed E-state index contributed by atoms with van der Waals surface area (Å²) in [5.74, 6) is 2.64. The lowest BCUT2D eigenvalue weighted by atomic mass is 9.98. The van der Waals surface area contributed by atoms with E-state index in [1.54, 1.807) is 16.2 Å². The topological polar surface area (TPSA) is 62.7 Å². The van der Waals surface area contributed by atoms with Gasteiger partial charge in [0.2, 0.25) is 0 Å². The Kier molecular flexibility index (Phi) is 6.15. The Morgan fingerprint density at radius 2 is 2.08 bits per heavy atom. The Morgan fingerprint density at radius 3 is 2.77 bits per heavy atom. The van der Waals surface area contributed by atoms with Crippen LogP contribution in [0, 0.1) is 12.3 Å². The number of hydrogen-bond acceptors (Lipinski definition) is 5. The van der Waals surface area contributed by atoms with Gasteiger partial charge in [-0.3, -0.25) is 4.79 Å². The zero-order chi connectivity index (χ0) is 18.5. The van der Waals surface area contributed by atoms with Crippen LogP contribution in [-0.4, -0.2) is 59.1 Å². The summed E-state index contributed by atoms with van der Waals surface area (Å²) in [6.45, 7) is 4.19. The molecule has 0 aliphatic carbocycles. The van der Waals surface area contributed by atoms with Gasteiger partial charge >= 0.3 is 6.09 Å². The number of terminal acetylenes is 1. The van der Waals surface area contributed by atoms with Gasteiger partial charge in [0.05, 0.1) is 5.01 Å². The molecule has 0 spiro atoms. The zero-order valence-corrected chi connectivity index (χ0v) is 16.0. The molecule has 1 aromatic heterocycles. The van der Waals surface area contributed by atoms with Gasteiger partial charge in [-0.2, -0.15) is 0 Å². The highest BCUT2D eigenvalue weighted by Gasteiger charge is 2.29. The van der Waals surface area contributed by atoms with Crippen molar-refractivity contribution in [2.24, 2.45) is 0 Å². The minimum Gasteiger partial charge on any atom is -0.436 e. The highest BCUT2D eigenvalue weighted by atomic mass is 32.1. The molecule has 3 heterocycles. The Morgan fingerprint density at radius 1 is 1.31 bits per heavy atom. The van der Waals surface area contributed by atoms with Crippen molar-refractivity contribution in [3.05, 3.63) is 16.1 Å². The molecule has 26 heavy (non-hydrogen) atoms. The third-order valence-corrected chi connectivity index (χ3v) is 6.19. The molecular formula is C19H25N3O3S. The summed E-state index contributed by atoms with van der Waals surface area (Å²) in [6.07, 6.45) is 9.74. The van der Waals surface area contributed by atoms with Gasteiger partial charge in [-0.15, -0.1) is 17.8 Å². The molecule has 1 atom stereocenters. The number of nitrogens with zero attached hydrogens (tertiary/aromatic N) is 3. The molecule has 2 amide bonds. The maximum atomic E-state index is 12.7. The van der Waals surface area contributed by atoms with Gasteiger partial charge in [-0.05, 0) is 39.0 Å². The molecule has 6 nitrogen and oxygen atoms in total. The molecule has 2 aliphatic heterocycles. The number of ether oxygens (including phenoxy) is 1. The third kappa shape index (κ3) is 4.18. The van der Waals surface area contributed by atoms with Crippen molar-refractivity contribution in [3.8, 4) is 12.3 Å². The molecule has 140 valence electrons. The lowest BCUT2D eigenvalue weighted by Crippen LogP contribution is -2.42. The van der Waals surface area contributed by atoms with E-state index in [9.17, 15) is 9.59 Å². The second-order valence-electron chi connectivity index (χ2n) is 6.93. The largest absolute Gasteiger partial charge is 0.436 e. The standard InChI is InChI=1S/C19H25N3O3S/c1-3-12-25-19(24)21-10-7-15(8-11-21)17-20-16(13-26-17)18(23)22-9-5-4-6-14(22)2/h1,13-15H,4-12H2,2H3. The molecule has 2 fully saturated rings. The molecule has 0 bridgehead atoms. The number of amides is 2. The van der Waals surface area contributed by atoms with Gasteiger partial charge in [0.1, 0.15) is 5.69 Å². The van der Waals surface area contributed by atoms with Crippen LogP contribution in [0.25, 0.3) is 0 Å². The SMILES string of the molecule is C#CCOC(=O)N1CCC(c2nc(C(=O)N3CCCCC3C)cs2)CC1. The molecule has 0 aromatic carbocycles. The maximum absolute atomic E-state index is 12.7. The van der Waals surface area contributed by atoms with E-state index in [0.29, 0.717) is 24.8 Å². The molecule has 0 saturated carbocycles. The molecule has 0 N–H and O–H groups in total. The Bertz CT molecular complexity index is 688. The van der Waals surface area contributed by atoms with E-state index in [1.807, 2.05) is 10.3 Å². The molecule has 1 aromatic rings. The fraction of sp³-hybridized carbons (Fsp3) is 0.632. The number of piperidine rings is 2. The average molecular weight is 375 g/mol. The molecule has 3 rings (SSSR count). The van der Waals surface area contributed by atoms with E-state index in [1.165, 1.54) is 6.42 Å². The fourth-order valence-corrected chi connectivity index (χ4v) is 4.59. The molecule has 7 heteroatoms. The van der Waals surface area contributed by atoms with Crippen LogP contribution in [0.3, 0.4) is 0 Å². The number of aromatic nitrogens is 1. The van der Waals surface area contributed by atoms with Crippen molar-refractivity contribution in [1.29, 1.82) is 0 Å². The number of rotatable bonds is 3. The summed E-state index contributed by atoms with van der Waals surface area (Å²) >= 11 is 1.55. The van der Waals surface area contributed by atoms with E-state index in [4.69, 9.17) is 11.2 Å². The van der Waals surface area contributed by atoms with Gasteiger partial charge in [0, 0.05) is 37.0 Å². The van der Waals surface area contributed by atoms with Crippen molar-refractivity contribution in [1.82, 2.24) is 14.8 Å². The Balaban J connectivity index is 1.56. The summed E-state index contributed by atoms with van der Waals surface area (Å²) in [7, 11) is 0.